The topological polar surface area (TPSA) is 18.5 Å². The Morgan fingerprint density at radius 3 is 2.06 bits per heavy atom. The minimum absolute atomic E-state index is 0.0299. The predicted molar refractivity (Wildman–Crippen MR) is 51.0 cm³/mol. The standard InChI is InChI=1S/C11H10F4O2/c12-9(11(13,14)15)10(16-6-7-17-10)8-4-2-1-3-5-8/h1-5,9H,6-7H2. The molecule has 94 valence electrons. The first-order valence-electron chi connectivity index (χ1n) is 5.01. The number of halogens is 4. The van der Waals surface area contributed by atoms with Crippen LogP contribution in [0, 0.1) is 0 Å². The number of hydrogen-bond donors (Lipinski definition) is 0. The van der Waals surface area contributed by atoms with Crippen LogP contribution in [0.3, 0.4) is 0 Å². The molecule has 2 nitrogen and oxygen atoms in total. The summed E-state index contributed by atoms with van der Waals surface area (Å²) < 4.78 is 60.9. The van der Waals surface area contributed by atoms with Gasteiger partial charge in [-0.1, -0.05) is 30.3 Å². The van der Waals surface area contributed by atoms with Gasteiger partial charge in [0.2, 0.25) is 5.79 Å². The normalized spacial score (nSPS) is 21.4. The Kier molecular flexibility index (Phi) is 3.09. The highest BCUT2D eigenvalue weighted by Crippen LogP contribution is 2.43. The second-order valence-electron chi connectivity index (χ2n) is 3.63. The lowest BCUT2D eigenvalue weighted by Crippen LogP contribution is -2.46. The van der Waals surface area contributed by atoms with Crippen LogP contribution in [0.15, 0.2) is 30.3 Å². The van der Waals surface area contributed by atoms with Crippen molar-refractivity contribution in [3.05, 3.63) is 35.9 Å². The van der Waals surface area contributed by atoms with Gasteiger partial charge in [0.1, 0.15) is 0 Å². The van der Waals surface area contributed by atoms with Gasteiger partial charge in [0.05, 0.1) is 13.2 Å². The summed E-state index contributed by atoms with van der Waals surface area (Å²) in [7, 11) is 0. The molecule has 17 heavy (non-hydrogen) atoms. The Labute approximate surface area is 95.1 Å². The van der Waals surface area contributed by atoms with Crippen molar-refractivity contribution in [2.24, 2.45) is 0 Å². The minimum Gasteiger partial charge on any atom is -0.341 e. The maximum atomic E-state index is 13.6. The molecule has 1 fully saturated rings. The first kappa shape index (κ1) is 12.3. The molecule has 1 saturated heterocycles. The zero-order valence-corrected chi connectivity index (χ0v) is 8.71. The van der Waals surface area contributed by atoms with Crippen molar-refractivity contribution in [3.63, 3.8) is 0 Å². The van der Waals surface area contributed by atoms with E-state index in [1.165, 1.54) is 24.3 Å². The van der Waals surface area contributed by atoms with Crippen molar-refractivity contribution in [1.82, 2.24) is 0 Å². The van der Waals surface area contributed by atoms with Crippen LogP contribution >= 0.6 is 0 Å². The van der Waals surface area contributed by atoms with Crippen molar-refractivity contribution in [2.45, 2.75) is 18.1 Å². The van der Waals surface area contributed by atoms with Gasteiger partial charge in [-0.25, -0.2) is 4.39 Å². The molecule has 1 aromatic rings. The van der Waals surface area contributed by atoms with Gasteiger partial charge in [-0.15, -0.1) is 0 Å². The minimum atomic E-state index is -5.03. The second kappa shape index (κ2) is 4.27. The molecule has 0 aliphatic carbocycles. The van der Waals surface area contributed by atoms with E-state index >= 15 is 0 Å². The monoisotopic (exact) mass is 250 g/mol. The molecule has 0 N–H and O–H groups in total. The molecule has 0 amide bonds. The quantitative estimate of drug-likeness (QED) is 0.751. The maximum Gasteiger partial charge on any atom is 0.425 e. The van der Waals surface area contributed by atoms with Gasteiger partial charge in [-0.2, -0.15) is 13.2 Å². The average molecular weight is 250 g/mol. The zero-order valence-electron chi connectivity index (χ0n) is 8.71. The van der Waals surface area contributed by atoms with E-state index < -0.39 is 18.1 Å². The summed E-state index contributed by atoms with van der Waals surface area (Å²) in [5, 5.41) is 0. The average Bonchev–Trinajstić information content (AvgIpc) is 2.78. The summed E-state index contributed by atoms with van der Waals surface area (Å²) in [5.41, 5.74) is 0.0299. The Bertz CT molecular complexity index is 371. The Hall–Kier alpha value is -1.14. The Balaban J connectivity index is 2.40. The smallest absolute Gasteiger partial charge is 0.341 e. The fourth-order valence-electron chi connectivity index (χ4n) is 1.77. The number of ether oxygens (including phenoxy) is 2. The highest BCUT2D eigenvalue weighted by Gasteiger charge is 2.59. The van der Waals surface area contributed by atoms with Crippen molar-refractivity contribution < 1.29 is 27.0 Å². The lowest BCUT2D eigenvalue weighted by molar-refractivity contribution is -0.298. The summed E-state index contributed by atoms with van der Waals surface area (Å²) in [6, 6.07) is 7.33. The van der Waals surface area contributed by atoms with Crippen LogP contribution in [-0.2, 0) is 15.3 Å². The predicted octanol–water partition coefficient (Wildman–Crippen LogP) is 2.79. The fourth-order valence-corrected chi connectivity index (χ4v) is 1.77. The van der Waals surface area contributed by atoms with E-state index in [1.807, 2.05) is 0 Å². The molecule has 0 spiro atoms. The number of hydrogen-bond acceptors (Lipinski definition) is 2. The van der Waals surface area contributed by atoms with Crippen LogP contribution in [-0.4, -0.2) is 25.6 Å². The van der Waals surface area contributed by atoms with E-state index in [0.29, 0.717) is 0 Å². The molecule has 1 heterocycles. The highest BCUT2D eigenvalue weighted by molar-refractivity contribution is 5.23. The first-order valence-corrected chi connectivity index (χ1v) is 5.01. The highest BCUT2D eigenvalue weighted by atomic mass is 19.4. The Morgan fingerprint density at radius 1 is 1.06 bits per heavy atom. The third kappa shape index (κ3) is 2.14. The summed E-state index contributed by atoms with van der Waals surface area (Å²) in [6.07, 6.45) is -8.24. The molecule has 1 aliphatic rings. The van der Waals surface area contributed by atoms with Crippen LogP contribution in [0.4, 0.5) is 17.6 Å². The molecule has 1 aromatic carbocycles. The van der Waals surface area contributed by atoms with Crippen molar-refractivity contribution >= 4 is 0 Å². The van der Waals surface area contributed by atoms with Gasteiger partial charge in [-0.3, -0.25) is 0 Å². The van der Waals surface area contributed by atoms with Gasteiger partial charge in [0.15, 0.2) is 0 Å². The van der Waals surface area contributed by atoms with Crippen molar-refractivity contribution in [3.8, 4) is 0 Å². The van der Waals surface area contributed by atoms with Crippen LogP contribution in [0.1, 0.15) is 5.56 Å². The number of alkyl halides is 4. The molecule has 1 unspecified atom stereocenters. The SMILES string of the molecule is FC(C(F)(F)F)C1(c2ccccc2)OCCO1. The van der Waals surface area contributed by atoms with Gasteiger partial charge >= 0.3 is 6.18 Å². The molecule has 0 aromatic heterocycles. The van der Waals surface area contributed by atoms with Crippen LogP contribution in [0.2, 0.25) is 0 Å². The van der Waals surface area contributed by atoms with Crippen LogP contribution < -0.4 is 0 Å². The van der Waals surface area contributed by atoms with Crippen LogP contribution in [0.5, 0.6) is 0 Å². The Morgan fingerprint density at radius 2 is 1.59 bits per heavy atom. The third-order valence-corrected chi connectivity index (χ3v) is 2.51. The fraction of sp³-hybridized carbons (Fsp3) is 0.455. The number of rotatable bonds is 2. The molecular weight excluding hydrogens is 240 g/mol. The lowest BCUT2D eigenvalue weighted by Gasteiger charge is -2.31. The van der Waals surface area contributed by atoms with Gasteiger partial charge in [0.25, 0.3) is 6.17 Å². The van der Waals surface area contributed by atoms with Crippen molar-refractivity contribution in [1.29, 1.82) is 0 Å². The summed E-state index contributed by atoms with van der Waals surface area (Å²) in [5.74, 6) is -2.36. The summed E-state index contributed by atoms with van der Waals surface area (Å²) in [6.45, 7) is -0.128. The molecule has 0 bridgehead atoms. The van der Waals surface area contributed by atoms with Gasteiger partial charge in [0, 0.05) is 5.56 Å². The third-order valence-electron chi connectivity index (χ3n) is 2.51. The van der Waals surface area contributed by atoms with E-state index in [9.17, 15) is 17.6 Å². The van der Waals surface area contributed by atoms with E-state index in [4.69, 9.17) is 9.47 Å². The maximum absolute atomic E-state index is 13.6. The second-order valence-corrected chi connectivity index (χ2v) is 3.63. The summed E-state index contributed by atoms with van der Waals surface area (Å²) >= 11 is 0. The molecule has 6 heteroatoms. The van der Waals surface area contributed by atoms with Crippen molar-refractivity contribution in [2.75, 3.05) is 13.2 Å². The van der Waals surface area contributed by atoms with Gasteiger partial charge in [-0.05, 0) is 0 Å². The van der Waals surface area contributed by atoms with Crippen LogP contribution in [0.25, 0.3) is 0 Å². The van der Waals surface area contributed by atoms with Gasteiger partial charge < -0.3 is 9.47 Å². The number of benzene rings is 1. The van der Waals surface area contributed by atoms with E-state index in [-0.39, 0.29) is 18.8 Å². The molecular formula is C11H10F4O2. The first-order chi connectivity index (χ1) is 7.97. The van der Waals surface area contributed by atoms with E-state index in [1.54, 1.807) is 6.07 Å². The molecule has 1 aliphatic heterocycles. The lowest BCUT2D eigenvalue weighted by atomic mass is 10.0. The zero-order chi connectivity index (χ0) is 12.5. The molecule has 0 saturated carbocycles. The van der Waals surface area contributed by atoms with E-state index in [0.717, 1.165) is 0 Å². The molecule has 0 radical (unpaired) electrons. The largest absolute Gasteiger partial charge is 0.425 e. The molecule has 2 rings (SSSR count). The summed E-state index contributed by atoms with van der Waals surface area (Å²) in [4.78, 5) is 0. The molecule has 1 atom stereocenters. The van der Waals surface area contributed by atoms with E-state index in [2.05, 4.69) is 0 Å².